The summed E-state index contributed by atoms with van der Waals surface area (Å²) < 4.78 is 4.93. The van der Waals surface area contributed by atoms with Gasteiger partial charge in [-0.1, -0.05) is 44.0 Å². The van der Waals surface area contributed by atoms with Crippen LogP contribution in [-0.4, -0.2) is 18.6 Å². The maximum absolute atomic E-state index is 12.0. The second kappa shape index (κ2) is 6.64. The molecule has 4 heteroatoms. The molecule has 18 heavy (non-hydrogen) atoms. The first kappa shape index (κ1) is 14.8. The molecular formula is C14H20ClNO2. The summed E-state index contributed by atoms with van der Waals surface area (Å²) in [5.74, 6) is -0.244. The third-order valence-corrected chi connectivity index (χ3v) is 3.43. The summed E-state index contributed by atoms with van der Waals surface area (Å²) in [5.41, 5.74) is 0.0639. The lowest BCUT2D eigenvalue weighted by atomic mass is 9.90. The number of benzene rings is 1. The Bertz CT molecular complexity index is 409. The molecule has 0 spiro atoms. The molecule has 100 valence electrons. The van der Waals surface area contributed by atoms with Gasteiger partial charge in [0.15, 0.2) is 0 Å². The average Bonchev–Trinajstić information content (AvgIpc) is 2.39. The fraction of sp³-hybridized carbons (Fsp3) is 0.500. The lowest BCUT2D eigenvalue weighted by Gasteiger charge is -2.32. The van der Waals surface area contributed by atoms with Crippen LogP contribution in [0.3, 0.4) is 0 Å². The highest BCUT2D eigenvalue weighted by atomic mass is 35.5. The average molecular weight is 270 g/mol. The van der Waals surface area contributed by atoms with E-state index in [0.717, 1.165) is 12.1 Å². The molecule has 1 unspecified atom stereocenters. The molecule has 1 rings (SSSR count). The summed E-state index contributed by atoms with van der Waals surface area (Å²) in [4.78, 5) is 12.0. The predicted molar refractivity (Wildman–Crippen MR) is 75.0 cm³/mol. The summed E-state index contributed by atoms with van der Waals surface area (Å²) in [6.45, 7) is 4.01. The number of hydrogen-bond donors (Lipinski definition) is 1. The molecule has 0 aliphatic heterocycles. The summed E-state index contributed by atoms with van der Waals surface area (Å²) in [6.07, 6.45) is 2.25. The SMILES string of the molecule is CCCC(CC)(Nc1ccccc1Cl)C(=O)OC. The Morgan fingerprint density at radius 2 is 2.06 bits per heavy atom. The van der Waals surface area contributed by atoms with Crippen LogP contribution in [0.2, 0.25) is 5.02 Å². The number of nitrogens with one attached hydrogen (secondary N) is 1. The van der Waals surface area contributed by atoms with E-state index in [1.54, 1.807) is 6.07 Å². The first-order chi connectivity index (χ1) is 8.59. The second-order valence-electron chi connectivity index (χ2n) is 4.28. The van der Waals surface area contributed by atoms with Crippen molar-refractivity contribution in [2.24, 2.45) is 0 Å². The van der Waals surface area contributed by atoms with Gasteiger partial charge < -0.3 is 10.1 Å². The van der Waals surface area contributed by atoms with Crippen molar-refractivity contribution in [1.82, 2.24) is 0 Å². The van der Waals surface area contributed by atoms with Crippen molar-refractivity contribution >= 4 is 23.3 Å². The van der Waals surface area contributed by atoms with Crippen LogP contribution in [-0.2, 0) is 9.53 Å². The highest BCUT2D eigenvalue weighted by Crippen LogP contribution is 2.29. The number of methoxy groups -OCH3 is 1. The molecule has 0 aromatic heterocycles. The molecule has 0 aliphatic carbocycles. The zero-order chi connectivity index (χ0) is 13.6. The van der Waals surface area contributed by atoms with Gasteiger partial charge in [0.05, 0.1) is 17.8 Å². The van der Waals surface area contributed by atoms with Crippen molar-refractivity contribution in [3.63, 3.8) is 0 Å². The molecule has 0 amide bonds. The van der Waals surface area contributed by atoms with Crippen LogP contribution >= 0.6 is 11.6 Å². The lowest BCUT2D eigenvalue weighted by molar-refractivity contribution is -0.146. The molecule has 0 radical (unpaired) electrons. The van der Waals surface area contributed by atoms with Crippen LogP contribution in [0, 0.1) is 0 Å². The summed E-state index contributed by atoms with van der Waals surface area (Å²) >= 11 is 6.12. The molecule has 0 fully saturated rings. The van der Waals surface area contributed by atoms with Crippen molar-refractivity contribution in [2.45, 2.75) is 38.6 Å². The summed E-state index contributed by atoms with van der Waals surface area (Å²) in [5, 5.41) is 3.86. The second-order valence-corrected chi connectivity index (χ2v) is 4.69. The smallest absolute Gasteiger partial charge is 0.331 e. The van der Waals surface area contributed by atoms with Gasteiger partial charge in [0, 0.05) is 0 Å². The fourth-order valence-electron chi connectivity index (χ4n) is 2.07. The Balaban J connectivity index is 3.04. The van der Waals surface area contributed by atoms with E-state index in [2.05, 4.69) is 5.32 Å². The van der Waals surface area contributed by atoms with E-state index in [0.29, 0.717) is 17.9 Å². The summed E-state index contributed by atoms with van der Waals surface area (Å²) in [7, 11) is 1.41. The molecule has 3 nitrogen and oxygen atoms in total. The van der Waals surface area contributed by atoms with Crippen molar-refractivity contribution < 1.29 is 9.53 Å². The van der Waals surface area contributed by atoms with Gasteiger partial charge in [-0.3, -0.25) is 0 Å². The molecule has 0 aliphatic rings. The highest BCUT2D eigenvalue weighted by Gasteiger charge is 2.37. The van der Waals surface area contributed by atoms with Crippen LogP contribution in [0.25, 0.3) is 0 Å². The third-order valence-electron chi connectivity index (χ3n) is 3.10. The Morgan fingerprint density at radius 3 is 2.56 bits per heavy atom. The highest BCUT2D eigenvalue weighted by molar-refractivity contribution is 6.33. The van der Waals surface area contributed by atoms with Crippen LogP contribution in [0.5, 0.6) is 0 Å². The van der Waals surface area contributed by atoms with E-state index < -0.39 is 5.54 Å². The standard InChI is InChI=1S/C14H20ClNO2/c1-4-10-14(5-2,13(17)18-3)16-12-9-7-6-8-11(12)15/h6-9,16H,4-5,10H2,1-3H3. The number of carbonyl (C=O) groups excluding carboxylic acids is 1. The van der Waals surface area contributed by atoms with E-state index in [1.165, 1.54) is 7.11 Å². The zero-order valence-electron chi connectivity index (χ0n) is 11.1. The predicted octanol–water partition coefficient (Wildman–Crippen LogP) is 3.87. The minimum Gasteiger partial charge on any atom is -0.467 e. The third kappa shape index (κ3) is 3.16. The van der Waals surface area contributed by atoms with Gasteiger partial charge in [-0.05, 0) is 25.0 Å². The molecule has 1 N–H and O–H groups in total. The largest absolute Gasteiger partial charge is 0.467 e. The number of hydrogen-bond acceptors (Lipinski definition) is 3. The van der Waals surface area contributed by atoms with Crippen molar-refractivity contribution in [1.29, 1.82) is 0 Å². The van der Waals surface area contributed by atoms with Crippen molar-refractivity contribution in [3.8, 4) is 0 Å². The normalized spacial score (nSPS) is 13.8. The quantitative estimate of drug-likeness (QED) is 0.797. The number of halogens is 1. The van der Waals surface area contributed by atoms with E-state index in [-0.39, 0.29) is 5.97 Å². The van der Waals surface area contributed by atoms with Crippen molar-refractivity contribution in [2.75, 3.05) is 12.4 Å². The van der Waals surface area contributed by atoms with Crippen LogP contribution in [0.15, 0.2) is 24.3 Å². The van der Waals surface area contributed by atoms with Gasteiger partial charge in [0.1, 0.15) is 5.54 Å². The van der Waals surface area contributed by atoms with E-state index in [1.807, 2.05) is 32.0 Å². The molecule has 0 saturated heterocycles. The van der Waals surface area contributed by atoms with Gasteiger partial charge in [-0.15, -0.1) is 0 Å². The first-order valence-electron chi connectivity index (χ1n) is 6.20. The number of para-hydroxylation sites is 1. The number of rotatable bonds is 6. The minimum absolute atomic E-state index is 0.244. The lowest BCUT2D eigenvalue weighted by Crippen LogP contribution is -2.46. The molecular weight excluding hydrogens is 250 g/mol. The topological polar surface area (TPSA) is 38.3 Å². The van der Waals surface area contributed by atoms with Gasteiger partial charge in [-0.25, -0.2) is 4.79 Å². The van der Waals surface area contributed by atoms with Gasteiger partial charge in [0.25, 0.3) is 0 Å². The maximum Gasteiger partial charge on any atom is 0.331 e. The zero-order valence-corrected chi connectivity index (χ0v) is 11.9. The van der Waals surface area contributed by atoms with Crippen LogP contribution in [0.1, 0.15) is 33.1 Å². The Hall–Kier alpha value is -1.22. The van der Waals surface area contributed by atoms with E-state index in [9.17, 15) is 4.79 Å². The Labute approximate surface area is 113 Å². The Morgan fingerprint density at radius 1 is 1.39 bits per heavy atom. The number of carbonyl (C=O) groups is 1. The van der Waals surface area contributed by atoms with Crippen molar-refractivity contribution in [3.05, 3.63) is 29.3 Å². The van der Waals surface area contributed by atoms with Crippen LogP contribution < -0.4 is 5.32 Å². The molecule has 0 bridgehead atoms. The number of esters is 1. The first-order valence-corrected chi connectivity index (χ1v) is 6.58. The minimum atomic E-state index is -0.700. The Kier molecular flexibility index (Phi) is 5.48. The number of ether oxygens (including phenoxy) is 1. The molecule has 0 heterocycles. The maximum atomic E-state index is 12.0. The monoisotopic (exact) mass is 269 g/mol. The molecule has 0 saturated carbocycles. The molecule has 1 aromatic rings. The van der Waals surface area contributed by atoms with E-state index >= 15 is 0 Å². The van der Waals surface area contributed by atoms with E-state index in [4.69, 9.17) is 16.3 Å². The van der Waals surface area contributed by atoms with Gasteiger partial charge in [0.2, 0.25) is 0 Å². The fourth-order valence-corrected chi connectivity index (χ4v) is 2.25. The van der Waals surface area contributed by atoms with Gasteiger partial charge >= 0.3 is 5.97 Å². The van der Waals surface area contributed by atoms with Crippen LogP contribution in [0.4, 0.5) is 5.69 Å². The van der Waals surface area contributed by atoms with Gasteiger partial charge in [-0.2, -0.15) is 0 Å². The molecule has 1 aromatic carbocycles. The summed E-state index contributed by atoms with van der Waals surface area (Å²) in [6, 6.07) is 7.41. The molecule has 1 atom stereocenters. The number of anilines is 1.